The highest BCUT2D eigenvalue weighted by molar-refractivity contribution is 5.94. The van der Waals surface area contributed by atoms with E-state index in [0.717, 1.165) is 67.1 Å². The zero-order valence-corrected chi connectivity index (χ0v) is 16.1. The minimum absolute atomic E-state index is 0.115. The number of nitrogens with one attached hydrogen (secondary N) is 1. The number of likely N-dealkylation sites (tertiary alicyclic amines) is 1. The number of carbonyl (C=O) groups is 1. The standard InChI is InChI=1S/C22H25N5O/c1-2-6-20-23-12-9-19(25-20)18-15-24-26-21(18)16-10-13-27(14-11-16)22(28)17-7-4-3-5-8-17/h3-5,7-9,12,15-16H,2,6,10-11,13-14H2,1H3,(H,24,26). The number of amides is 1. The molecule has 2 aromatic heterocycles. The highest BCUT2D eigenvalue weighted by Crippen LogP contribution is 2.33. The Hall–Kier alpha value is -3.02. The van der Waals surface area contributed by atoms with E-state index in [1.165, 1.54) is 0 Å². The molecule has 0 radical (unpaired) electrons. The fourth-order valence-electron chi connectivity index (χ4n) is 3.84. The first-order valence-corrected chi connectivity index (χ1v) is 9.96. The van der Waals surface area contributed by atoms with E-state index in [9.17, 15) is 4.79 Å². The lowest BCUT2D eigenvalue weighted by molar-refractivity contribution is 0.0712. The molecule has 1 aliphatic heterocycles. The molecule has 144 valence electrons. The molecule has 1 saturated heterocycles. The van der Waals surface area contributed by atoms with Crippen molar-refractivity contribution in [2.75, 3.05) is 13.1 Å². The number of carbonyl (C=O) groups excluding carboxylic acids is 1. The summed E-state index contributed by atoms with van der Waals surface area (Å²) in [6.45, 7) is 3.63. The zero-order chi connectivity index (χ0) is 19.3. The van der Waals surface area contributed by atoms with E-state index in [1.807, 2.05) is 53.7 Å². The summed E-state index contributed by atoms with van der Waals surface area (Å²) in [6, 6.07) is 11.5. The van der Waals surface area contributed by atoms with E-state index < -0.39 is 0 Å². The molecular weight excluding hydrogens is 350 g/mol. The molecular formula is C22H25N5O. The topological polar surface area (TPSA) is 74.8 Å². The van der Waals surface area contributed by atoms with Crippen molar-refractivity contribution in [3.63, 3.8) is 0 Å². The van der Waals surface area contributed by atoms with E-state index in [4.69, 9.17) is 4.98 Å². The zero-order valence-electron chi connectivity index (χ0n) is 16.1. The van der Waals surface area contributed by atoms with Crippen LogP contribution < -0.4 is 0 Å². The van der Waals surface area contributed by atoms with Crippen molar-refractivity contribution in [1.29, 1.82) is 0 Å². The summed E-state index contributed by atoms with van der Waals surface area (Å²) in [7, 11) is 0. The van der Waals surface area contributed by atoms with E-state index >= 15 is 0 Å². The summed E-state index contributed by atoms with van der Waals surface area (Å²) in [5.41, 5.74) is 3.85. The predicted octanol–water partition coefficient (Wildman–Crippen LogP) is 3.84. The molecule has 0 bridgehead atoms. The summed E-state index contributed by atoms with van der Waals surface area (Å²) >= 11 is 0. The van der Waals surface area contributed by atoms with E-state index in [-0.39, 0.29) is 5.91 Å². The molecule has 4 rings (SSSR count). The molecule has 1 aromatic carbocycles. The van der Waals surface area contributed by atoms with Crippen LogP contribution in [0.2, 0.25) is 0 Å². The van der Waals surface area contributed by atoms with Crippen molar-refractivity contribution in [2.45, 2.75) is 38.5 Å². The second kappa shape index (κ2) is 8.33. The lowest BCUT2D eigenvalue weighted by Gasteiger charge is -2.32. The Labute approximate surface area is 165 Å². The summed E-state index contributed by atoms with van der Waals surface area (Å²) < 4.78 is 0. The van der Waals surface area contributed by atoms with Crippen LogP contribution in [-0.2, 0) is 6.42 Å². The molecule has 6 nitrogen and oxygen atoms in total. The summed E-state index contributed by atoms with van der Waals surface area (Å²) in [4.78, 5) is 23.7. The van der Waals surface area contributed by atoms with Gasteiger partial charge in [0.2, 0.25) is 0 Å². The van der Waals surface area contributed by atoms with Gasteiger partial charge < -0.3 is 4.90 Å². The average molecular weight is 375 g/mol. The van der Waals surface area contributed by atoms with Crippen LogP contribution in [0, 0.1) is 0 Å². The molecule has 6 heteroatoms. The molecule has 1 aliphatic rings. The summed E-state index contributed by atoms with van der Waals surface area (Å²) in [5.74, 6) is 1.33. The number of hydrogen-bond acceptors (Lipinski definition) is 4. The SMILES string of the molecule is CCCc1nccc(-c2cn[nH]c2C2CCN(C(=O)c3ccccc3)CC2)n1. The lowest BCUT2D eigenvalue weighted by Crippen LogP contribution is -2.38. The van der Waals surface area contributed by atoms with Gasteiger partial charge in [0.25, 0.3) is 5.91 Å². The molecule has 1 fully saturated rings. The first kappa shape index (κ1) is 18.3. The smallest absolute Gasteiger partial charge is 0.253 e. The van der Waals surface area contributed by atoms with Crippen molar-refractivity contribution in [1.82, 2.24) is 25.1 Å². The van der Waals surface area contributed by atoms with Crippen LogP contribution in [0.4, 0.5) is 0 Å². The fourth-order valence-corrected chi connectivity index (χ4v) is 3.84. The molecule has 0 aliphatic carbocycles. The number of hydrogen-bond donors (Lipinski definition) is 1. The molecule has 0 saturated carbocycles. The Morgan fingerprint density at radius 2 is 1.96 bits per heavy atom. The number of aromatic nitrogens is 4. The number of aryl methyl sites for hydroxylation is 1. The van der Waals surface area contributed by atoms with Gasteiger partial charge in [-0.1, -0.05) is 25.1 Å². The molecule has 3 heterocycles. The molecule has 0 spiro atoms. The maximum absolute atomic E-state index is 12.7. The van der Waals surface area contributed by atoms with E-state index in [2.05, 4.69) is 22.1 Å². The van der Waals surface area contributed by atoms with Gasteiger partial charge in [-0.3, -0.25) is 9.89 Å². The van der Waals surface area contributed by atoms with Gasteiger partial charge in [-0.2, -0.15) is 5.10 Å². The predicted molar refractivity (Wildman–Crippen MR) is 108 cm³/mol. The van der Waals surface area contributed by atoms with Gasteiger partial charge in [-0.15, -0.1) is 0 Å². The van der Waals surface area contributed by atoms with Crippen molar-refractivity contribution in [3.05, 3.63) is 65.9 Å². The van der Waals surface area contributed by atoms with Crippen LogP contribution in [0.25, 0.3) is 11.3 Å². The minimum Gasteiger partial charge on any atom is -0.339 e. The third-order valence-corrected chi connectivity index (χ3v) is 5.34. The van der Waals surface area contributed by atoms with Crippen molar-refractivity contribution >= 4 is 5.91 Å². The van der Waals surface area contributed by atoms with Gasteiger partial charge in [0.05, 0.1) is 11.9 Å². The number of nitrogens with zero attached hydrogens (tertiary/aromatic N) is 4. The molecule has 0 atom stereocenters. The largest absolute Gasteiger partial charge is 0.339 e. The summed E-state index contributed by atoms with van der Waals surface area (Å²) in [5, 5.41) is 7.47. The molecule has 28 heavy (non-hydrogen) atoms. The van der Waals surface area contributed by atoms with Crippen LogP contribution >= 0.6 is 0 Å². The Bertz CT molecular complexity index is 929. The number of rotatable bonds is 5. The van der Waals surface area contributed by atoms with Crippen LogP contribution in [0.15, 0.2) is 48.8 Å². The Kier molecular flexibility index (Phi) is 5.46. The third kappa shape index (κ3) is 3.81. The molecule has 3 aromatic rings. The Morgan fingerprint density at radius 1 is 1.18 bits per heavy atom. The van der Waals surface area contributed by atoms with Crippen LogP contribution in [-0.4, -0.2) is 44.1 Å². The highest BCUT2D eigenvalue weighted by atomic mass is 16.2. The molecule has 1 amide bonds. The van der Waals surface area contributed by atoms with Gasteiger partial charge in [0.15, 0.2) is 0 Å². The second-order valence-corrected chi connectivity index (χ2v) is 7.24. The maximum Gasteiger partial charge on any atom is 0.253 e. The van der Waals surface area contributed by atoms with Crippen LogP contribution in [0.3, 0.4) is 0 Å². The van der Waals surface area contributed by atoms with Crippen LogP contribution in [0.1, 0.15) is 54.0 Å². The van der Waals surface area contributed by atoms with Gasteiger partial charge in [0, 0.05) is 48.4 Å². The van der Waals surface area contributed by atoms with Crippen molar-refractivity contribution in [3.8, 4) is 11.3 Å². The number of benzene rings is 1. The Morgan fingerprint density at radius 3 is 2.71 bits per heavy atom. The van der Waals surface area contributed by atoms with Crippen LogP contribution in [0.5, 0.6) is 0 Å². The van der Waals surface area contributed by atoms with E-state index in [1.54, 1.807) is 0 Å². The van der Waals surface area contributed by atoms with Gasteiger partial charge in [-0.05, 0) is 37.5 Å². The third-order valence-electron chi connectivity index (χ3n) is 5.34. The second-order valence-electron chi connectivity index (χ2n) is 7.24. The van der Waals surface area contributed by atoms with E-state index in [0.29, 0.717) is 5.92 Å². The normalized spacial score (nSPS) is 15.0. The maximum atomic E-state index is 12.7. The first-order chi connectivity index (χ1) is 13.8. The quantitative estimate of drug-likeness (QED) is 0.735. The minimum atomic E-state index is 0.115. The Balaban J connectivity index is 1.47. The van der Waals surface area contributed by atoms with Gasteiger partial charge in [0.1, 0.15) is 5.82 Å². The summed E-state index contributed by atoms with van der Waals surface area (Å²) in [6.07, 6.45) is 7.41. The number of piperidine rings is 1. The number of H-pyrrole nitrogens is 1. The fraction of sp³-hybridized carbons (Fsp3) is 0.364. The molecule has 1 N–H and O–H groups in total. The first-order valence-electron chi connectivity index (χ1n) is 9.96. The van der Waals surface area contributed by atoms with Gasteiger partial charge >= 0.3 is 0 Å². The van der Waals surface area contributed by atoms with Crippen molar-refractivity contribution in [2.24, 2.45) is 0 Å². The lowest BCUT2D eigenvalue weighted by atomic mass is 9.90. The highest BCUT2D eigenvalue weighted by Gasteiger charge is 2.27. The van der Waals surface area contributed by atoms with Crippen molar-refractivity contribution < 1.29 is 4.79 Å². The number of aromatic amines is 1. The molecule has 0 unspecified atom stereocenters. The average Bonchev–Trinajstić information content (AvgIpc) is 3.24. The van der Waals surface area contributed by atoms with Gasteiger partial charge in [-0.25, -0.2) is 9.97 Å². The monoisotopic (exact) mass is 375 g/mol.